The first-order valence-corrected chi connectivity index (χ1v) is 9.56. The Balaban J connectivity index is 2.05. The number of rotatable bonds is 4. The number of carbonyl (C=O) groups excluding carboxylic acids is 1. The first kappa shape index (κ1) is 18.3. The van der Waals surface area contributed by atoms with Crippen LogP contribution >= 0.6 is 11.3 Å². The average Bonchev–Trinajstić information content (AvgIpc) is 2.88. The van der Waals surface area contributed by atoms with E-state index >= 15 is 0 Å². The highest BCUT2D eigenvalue weighted by Gasteiger charge is 2.10. The third-order valence-corrected chi connectivity index (χ3v) is 5.72. The summed E-state index contributed by atoms with van der Waals surface area (Å²) in [6.07, 6.45) is 2.17. The normalized spacial score (nSPS) is 11.9. The molecular formula is C22H24N2OS. The van der Waals surface area contributed by atoms with E-state index < -0.39 is 0 Å². The molecule has 0 unspecified atom stereocenters. The van der Waals surface area contributed by atoms with Gasteiger partial charge in [0.1, 0.15) is 0 Å². The van der Waals surface area contributed by atoms with Crippen molar-refractivity contribution in [1.82, 2.24) is 4.57 Å². The van der Waals surface area contributed by atoms with Crippen molar-refractivity contribution in [3.05, 3.63) is 75.6 Å². The van der Waals surface area contributed by atoms with Gasteiger partial charge < -0.3 is 4.57 Å². The number of carbonyl (C=O) groups is 1. The molecule has 0 aliphatic heterocycles. The van der Waals surface area contributed by atoms with E-state index in [4.69, 9.17) is 0 Å². The zero-order valence-electron chi connectivity index (χ0n) is 15.8. The standard InChI is InChI=1S/C22H24N2OS/c1-6-9-24-19-11-16(4)17(5)12-20(19)26-22(24)23-21(25)13-18-10-14(2)7-8-15(18)3/h6-8,10-12H,1,9,13H2,2-5H3. The van der Waals surface area contributed by atoms with Crippen LogP contribution in [0.2, 0.25) is 0 Å². The van der Waals surface area contributed by atoms with Gasteiger partial charge in [-0.15, -0.1) is 6.58 Å². The molecule has 0 N–H and O–H groups in total. The number of allylic oxidation sites excluding steroid dienone is 1. The van der Waals surface area contributed by atoms with Crippen LogP contribution in [-0.4, -0.2) is 10.5 Å². The monoisotopic (exact) mass is 364 g/mol. The van der Waals surface area contributed by atoms with Crippen LogP contribution < -0.4 is 4.80 Å². The molecule has 0 aliphatic carbocycles. The molecule has 0 spiro atoms. The second-order valence-electron chi connectivity index (χ2n) is 6.80. The Morgan fingerprint density at radius 1 is 1.12 bits per heavy atom. The molecule has 0 aliphatic rings. The Labute approximate surface area is 158 Å². The predicted octanol–water partition coefficient (Wildman–Crippen LogP) is 4.79. The molecule has 3 nitrogen and oxygen atoms in total. The van der Waals surface area contributed by atoms with Gasteiger partial charge in [-0.05, 0) is 62.1 Å². The highest BCUT2D eigenvalue weighted by Crippen LogP contribution is 2.22. The minimum absolute atomic E-state index is 0.114. The van der Waals surface area contributed by atoms with Crippen LogP contribution in [0.4, 0.5) is 0 Å². The van der Waals surface area contributed by atoms with Gasteiger partial charge >= 0.3 is 0 Å². The van der Waals surface area contributed by atoms with Gasteiger partial charge in [0.15, 0.2) is 4.80 Å². The van der Waals surface area contributed by atoms with E-state index in [0.717, 1.165) is 31.7 Å². The summed E-state index contributed by atoms with van der Waals surface area (Å²) in [5.74, 6) is -0.114. The Kier molecular flexibility index (Phi) is 5.23. The molecule has 134 valence electrons. The molecule has 0 saturated carbocycles. The fraction of sp³-hybridized carbons (Fsp3) is 0.273. The van der Waals surface area contributed by atoms with Crippen LogP contribution in [0.5, 0.6) is 0 Å². The smallest absolute Gasteiger partial charge is 0.252 e. The zero-order valence-corrected chi connectivity index (χ0v) is 16.6. The minimum Gasteiger partial charge on any atom is -0.312 e. The van der Waals surface area contributed by atoms with Crippen LogP contribution in [0.3, 0.4) is 0 Å². The molecule has 3 rings (SSSR count). The maximum Gasteiger partial charge on any atom is 0.252 e. The molecule has 0 radical (unpaired) electrons. The first-order valence-electron chi connectivity index (χ1n) is 8.74. The second kappa shape index (κ2) is 7.42. The number of aromatic nitrogens is 1. The lowest BCUT2D eigenvalue weighted by atomic mass is 10.0. The van der Waals surface area contributed by atoms with E-state index in [9.17, 15) is 4.79 Å². The molecule has 1 aromatic heterocycles. The van der Waals surface area contributed by atoms with Gasteiger partial charge in [-0.1, -0.05) is 41.2 Å². The summed E-state index contributed by atoms with van der Waals surface area (Å²) in [6, 6.07) is 10.5. The number of nitrogens with zero attached hydrogens (tertiary/aromatic N) is 2. The third kappa shape index (κ3) is 3.70. The van der Waals surface area contributed by atoms with E-state index in [0.29, 0.717) is 13.0 Å². The highest BCUT2D eigenvalue weighted by atomic mass is 32.1. The van der Waals surface area contributed by atoms with Gasteiger partial charge in [0.2, 0.25) is 0 Å². The van der Waals surface area contributed by atoms with E-state index in [1.54, 1.807) is 11.3 Å². The Hall–Kier alpha value is -2.46. The summed E-state index contributed by atoms with van der Waals surface area (Å²) in [5.41, 5.74) is 6.92. The predicted molar refractivity (Wildman–Crippen MR) is 110 cm³/mol. The highest BCUT2D eigenvalue weighted by molar-refractivity contribution is 7.16. The SMILES string of the molecule is C=CCn1c(=NC(=O)Cc2cc(C)ccc2C)sc2cc(C)c(C)cc21. The number of amides is 1. The molecule has 0 saturated heterocycles. The van der Waals surface area contributed by atoms with Crippen LogP contribution in [0.1, 0.15) is 27.8 Å². The minimum atomic E-state index is -0.114. The number of fused-ring (bicyclic) bond motifs is 1. The molecule has 0 fully saturated rings. The lowest BCUT2D eigenvalue weighted by Crippen LogP contribution is -2.17. The molecular weight excluding hydrogens is 340 g/mol. The van der Waals surface area contributed by atoms with E-state index in [-0.39, 0.29) is 5.91 Å². The van der Waals surface area contributed by atoms with E-state index in [2.05, 4.69) is 60.3 Å². The molecule has 1 heterocycles. The van der Waals surface area contributed by atoms with Crippen molar-refractivity contribution in [2.24, 2.45) is 4.99 Å². The molecule has 2 aromatic carbocycles. The van der Waals surface area contributed by atoms with Gasteiger partial charge in [-0.25, -0.2) is 0 Å². The second-order valence-corrected chi connectivity index (χ2v) is 7.81. The van der Waals surface area contributed by atoms with Gasteiger partial charge in [0.05, 0.1) is 16.6 Å². The summed E-state index contributed by atoms with van der Waals surface area (Å²) in [5, 5.41) is 0. The van der Waals surface area contributed by atoms with Gasteiger partial charge in [-0.3, -0.25) is 4.79 Å². The van der Waals surface area contributed by atoms with Crippen LogP contribution in [0.15, 0.2) is 48.0 Å². The zero-order chi connectivity index (χ0) is 18.8. The lowest BCUT2D eigenvalue weighted by molar-refractivity contribution is -0.117. The fourth-order valence-electron chi connectivity index (χ4n) is 3.01. The summed E-state index contributed by atoms with van der Waals surface area (Å²) in [6.45, 7) is 12.8. The van der Waals surface area contributed by atoms with Gasteiger partial charge in [-0.2, -0.15) is 4.99 Å². The molecule has 0 bridgehead atoms. The number of hydrogen-bond donors (Lipinski definition) is 0. The van der Waals surface area contributed by atoms with E-state index in [1.165, 1.54) is 11.1 Å². The number of thiazole rings is 1. The lowest BCUT2D eigenvalue weighted by Gasteiger charge is -2.05. The topological polar surface area (TPSA) is 34.4 Å². The molecule has 3 aromatic rings. The Morgan fingerprint density at radius 2 is 1.85 bits per heavy atom. The van der Waals surface area contributed by atoms with Crippen molar-refractivity contribution >= 4 is 27.5 Å². The Bertz CT molecular complexity index is 1070. The maximum absolute atomic E-state index is 12.6. The van der Waals surface area contributed by atoms with Crippen molar-refractivity contribution in [3.63, 3.8) is 0 Å². The third-order valence-electron chi connectivity index (χ3n) is 4.68. The molecule has 0 atom stereocenters. The first-order chi connectivity index (χ1) is 12.4. The summed E-state index contributed by atoms with van der Waals surface area (Å²) < 4.78 is 3.22. The molecule has 1 amide bonds. The van der Waals surface area contributed by atoms with Crippen molar-refractivity contribution in [1.29, 1.82) is 0 Å². The summed E-state index contributed by atoms with van der Waals surface area (Å²) in [7, 11) is 0. The summed E-state index contributed by atoms with van der Waals surface area (Å²) in [4.78, 5) is 17.8. The van der Waals surface area contributed by atoms with Crippen molar-refractivity contribution in [2.75, 3.05) is 0 Å². The maximum atomic E-state index is 12.6. The number of aryl methyl sites for hydroxylation is 4. The molecule has 26 heavy (non-hydrogen) atoms. The van der Waals surface area contributed by atoms with Crippen molar-refractivity contribution in [3.8, 4) is 0 Å². The van der Waals surface area contributed by atoms with Crippen molar-refractivity contribution < 1.29 is 4.79 Å². The van der Waals surface area contributed by atoms with Crippen LogP contribution in [0.25, 0.3) is 10.2 Å². The molecule has 4 heteroatoms. The average molecular weight is 365 g/mol. The van der Waals surface area contributed by atoms with Crippen LogP contribution in [-0.2, 0) is 17.8 Å². The quantitative estimate of drug-likeness (QED) is 0.613. The summed E-state index contributed by atoms with van der Waals surface area (Å²) >= 11 is 1.56. The van der Waals surface area contributed by atoms with E-state index in [1.807, 2.05) is 19.9 Å². The fourth-order valence-corrected chi connectivity index (χ4v) is 4.15. The van der Waals surface area contributed by atoms with Crippen LogP contribution in [0, 0.1) is 27.7 Å². The van der Waals surface area contributed by atoms with Gasteiger partial charge in [0.25, 0.3) is 5.91 Å². The Morgan fingerprint density at radius 3 is 2.58 bits per heavy atom. The number of benzene rings is 2. The van der Waals surface area contributed by atoms with Gasteiger partial charge in [0, 0.05) is 6.54 Å². The number of hydrogen-bond acceptors (Lipinski definition) is 2. The van der Waals surface area contributed by atoms with Crippen molar-refractivity contribution in [2.45, 2.75) is 40.7 Å². The largest absolute Gasteiger partial charge is 0.312 e.